The molecule has 3 rings (SSSR count). The number of anilines is 1. The normalized spacial score (nSPS) is 11.5. The molecule has 2 aromatic heterocycles. The summed E-state index contributed by atoms with van der Waals surface area (Å²) >= 11 is 0. The van der Waals surface area contributed by atoms with Crippen LogP contribution < -0.4 is 4.72 Å². The lowest BCUT2D eigenvalue weighted by atomic mass is 10.1. The van der Waals surface area contributed by atoms with Gasteiger partial charge in [-0.2, -0.15) is 5.10 Å². The van der Waals surface area contributed by atoms with E-state index in [1.54, 1.807) is 27.0 Å². The molecular formula is C16H17N5O2S. The molecule has 0 aliphatic heterocycles. The van der Waals surface area contributed by atoms with Gasteiger partial charge < -0.3 is 0 Å². The van der Waals surface area contributed by atoms with Gasteiger partial charge in [0.15, 0.2) is 0 Å². The van der Waals surface area contributed by atoms with E-state index < -0.39 is 10.0 Å². The second kappa shape index (κ2) is 6.04. The minimum atomic E-state index is -3.81. The molecule has 0 amide bonds. The van der Waals surface area contributed by atoms with Crippen LogP contribution >= 0.6 is 0 Å². The maximum atomic E-state index is 12.7. The molecule has 0 aliphatic carbocycles. The Bertz CT molecular complexity index is 981. The molecule has 0 bridgehead atoms. The van der Waals surface area contributed by atoms with Crippen LogP contribution in [-0.2, 0) is 17.1 Å². The standard InChI is InChI=1S/C16H17N5O2S/c1-11-15(12(2)21(3)19-11)24(22,23)20-16-17-10-9-14(18-16)13-7-5-4-6-8-13/h4-10H,1-3H3,(H,17,18,20). The minimum absolute atomic E-state index is 0.0269. The number of hydrogen-bond donors (Lipinski definition) is 1. The number of hydrogen-bond acceptors (Lipinski definition) is 5. The predicted molar refractivity (Wildman–Crippen MR) is 91.0 cm³/mol. The molecule has 0 atom stereocenters. The summed E-state index contributed by atoms with van der Waals surface area (Å²) < 4.78 is 29.3. The molecule has 0 saturated carbocycles. The van der Waals surface area contributed by atoms with Gasteiger partial charge in [-0.15, -0.1) is 0 Å². The molecule has 24 heavy (non-hydrogen) atoms. The van der Waals surface area contributed by atoms with E-state index >= 15 is 0 Å². The van der Waals surface area contributed by atoms with Gasteiger partial charge in [-0.05, 0) is 19.9 Å². The number of benzene rings is 1. The number of rotatable bonds is 4. The van der Waals surface area contributed by atoms with Crippen LogP contribution in [0.2, 0.25) is 0 Å². The molecule has 0 aliphatic rings. The van der Waals surface area contributed by atoms with E-state index in [1.807, 2.05) is 30.3 Å². The highest BCUT2D eigenvalue weighted by Gasteiger charge is 2.24. The van der Waals surface area contributed by atoms with Gasteiger partial charge >= 0.3 is 0 Å². The zero-order valence-corrected chi connectivity index (χ0v) is 14.4. The van der Waals surface area contributed by atoms with Crippen molar-refractivity contribution in [3.63, 3.8) is 0 Å². The molecule has 1 aromatic carbocycles. The summed E-state index contributed by atoms with van der Waals surface area (Å²) in [7, 11) is -2.11. The Morgan fingerprint density at radius 3 is 2.42 bits per heavy atom. The summed E-state index contributed by atoms with van der Waals surface area (Å²) in [6.45, 7) is 3.36. The van der Waals surface area contributed by atoms with Crippen LogP contribution in [0.1, 0.15) is 11.4 Å². The number of nitrogens with zero attached hydrogens (tertiary/aromatic N) is 4. The van der Waals surface area contributed by atoms with Crippen molar-refractivity contribution in [1.82, 2.24) is 19.7 Å². The first kappa shape index (κ1) is 16.1. The highest BCUT2D eigenvalue weighted by Crippen LogP contribution is 2.22. The quantitative estimate of drug-likeness (QED) is 0.785. The number of nitrogens with one attached hydrogen (secondary N) is 1. The number of aromatic nitrogens is 4. The second-order valence-electron chi connectivity index (χ2n) is 5.36. The van der Waals surface area contributed by atoms with E-state index in [4.69, 9.17) is 0 Å². The van der Waals surface area contributed by atoms with E-state index in [0.29, 0.717) is 17.1 Å². The summed E-state index contributed by atoms with van der Waals surface area (Å²) in [6, 6.07) is 11.2. The molecule has 0 fully saturated rings. The van der Waals surface area contributed by atoms with Gasteiger partial charge in [-0.1, -0.05) is 30.3 Å². The lowest BCUT2D eigenvalue weighted by molar-refractivity contribution is 0.599. The van der Waals surface area contributed by atoms with E-state index in [-0.39, 0.29) is 10.8 Å². The maximum absolute atomic E-state index is 12.7. The summed E-state index contributed by atoms with van der Waals surface area (Å²) in [5.74, 6) is 0.0269. The molecule has 8 heteroatoms. The van der Waals surface area contributed by atoms with Gasteiger partial charge in [-0.25, -0.2) is 23.1 Å². The first-order valence-electron chi connectivity index (χ1n) is 7.30. The van der Waals surface area contributed by atoms with Gasteiger partial charge in [0.25, 0.3) is 10.0 Å². The van der Waals surface area contributed by atoms with Gasteiger partial charge in [0.2, 0.25) is 5.95 Å². The fourth-order valence-corrected chi connectivity index (χ4v) is 3.88. The number of sulfonamides is 1. The monoisotopic (exact) mass is 343 g/mol. The second-order valence-corrected chi connectivity index (χ2v) is 6.98. The van der Waals surface area contributed by atoms with Gasteiger partial charge in [-0.3, -0.25) is 4.68 Å². The highest BCUT2D eigenvalue weighted by atomic mass is 32.2. The Hall–Kier alpha value is -2.74. The molecule has 124 valence electrons. The zero-order valence-electron chi connectivity index (χ0n) is 13.6. The highest BCUT2D eigenvalue weighted by molar-refractivity contribution is 7.92. The Balaban J connectivity index is 1.97. The van der Waals surface area contributed by atoms with Crippen molar-refractivity contribution in [2.75, 3.05) is 4.72 Å². The van der Waals surface area contributed by atoms with E-state index in [2.05, 4.69) is 19.8 Å². The van der Waals surface area contributed by atoms with Gasteiger partial charge in [0.1, 0.15) is 4.90 Å². The van der Waals surface area contributed by atoms with Crippen LogP contribution in [0.5, 0.6) is 0 Å². The van der Waals surface area contributed by atoms with Crippen molar-refractivity contribution in [2.45, 2.75) is 18.7 Å². The molecule has 0 spiro atoms. The SMILES string of the molecule is Cc1nn(C)c(C)c1S(=O)(=O)Nc1nccc(-c2ccccc2)n1. The molecular weight excluding hydrogens is 326 g/mol. The van der Waals surface area contributed by atoms with Crippen LogP contribution in [0.25, 0.3) is 11.3 Å². The summed E-state index contributed by atoms with van der Waals surface area (Å²) in [4.78, 5) is 8.46. The maximum Gasteiger partial charge on any atom is 0.267 e. The van der Waals surface area contributed by atoms with Crippen molar-refractivity contribution >= 4 is 16.0 Å². The Kier molecular flexibility index (Phi) is 4.06. The first-order chi connectivity index (χ1) is 11.4. The lowest BCUT2D eigenvalue weighted by Crippen LogP contribution is -2.16. The molecule has 1 N–H and O–H groups in total. The van der Waals surface area contributed by atoms with E-state index in [9.17, 15) is 8.42 Å². The van der Waals surface area contributed by atoms with Crippen molar-refractivity contribution in [3.8, 4) is 11.3 Å². The fraction of sp³-hybridized carbons (Fsp3) is 0.188. The molecule has 7 nitrogen and oxygen atoms in total. The lowest BCUT2D eigenvalue weighted by Gasteiger charge is -2.08. The van der Waals surface area contributed by atoms with Crippen LogP contribution in [0.3, 0.4) is 0 Å². The van der Waals surface area contributed by atoms with Crippen LogP contribution in [0, 0.1) is 13.8 Å². The van der Waals surface area contributed by atoms with Crippen molar-refractivity contribution in [3.05, 3.63) is 54.0 Å². The smallest absolute Gasteiger partial charge is 0.267 e. The Morgan fingerprint density at radius 1 is 1.08 bits per heavy atom. The van der Waals surface area contributed by atoms with Gasteiger partial charge in [0, 0.05) is 18.8 Å². The summed E-state index contributed by atoms with van der Waals surface area (Å²) in [6.07, 6.45) is 1.52. The van der Waals surface area contributed by atoms with E-state index in [0.717, 1.165) is 5.56 Å². The Labute approximate surface area is 140 Å². The van der Waals surface area contributed by atoms with Crippen LogP contribution in [0.15, 0.2) is 47.5 Å². The summed E-state index contributed by atoms with van der Waals surface area (Å²) in [5, 5.41) is 4.14. The largest absolute Gasteiger partial charge is 0.271 e. The molecule has 2 heterocycles. The minimum Gasteiger partial charge on any atom is -0.271 e. The van der Waals surface area contributed by atoms with Crippen molar-refractivity contribution in [1.29, 1.82) is 0 Å². The molecule has 0 saturated heterocycles. The molecule has 3 aromatic rings. The average molecular weight is 343 g/mol. The third-order valence-electron chi connectivity index (χ3n) is 3.66. The van der Waals surface area contributed by atoms with Gasteiger partial charge in [0.05, 0.1) is 17.1 Å². The first-order valence-corrected chi connectivity index (χ1v) is 8.78. The van der Waals surface area contributed by atoms with Crippen molar-refractivity contribution in [2.24, 2.45) is 7.05 Å². The topological polar surface area (TPSA) is 89.8 Å². The zero-order chi connectivity index (χ0) is 17.3. The molecule has 0 radical (unpaired) electrons. The van der Waals surface area contributed by atoms with Crippen LogP contribution in [-0.4, -0.2) is 28.2 Å². The average Bonchev–Trinajstić information content (AvgIpc) is 2.81. The molecule has 0 unspecified atom stereocenters. The number of aryl methyl sites for hydroxylation is 2. The van der Waals surface area contributed by atoms with Crippen molar-refractivity contribution < 1.29 is 8.42 Å². The predicted octanol–water partition coefficient (Wildman–Crippen LogP) is 2.29. The van der Waals surface area contributed by atoms with E-state index in [1.165, 1.54) is 10.9 Å². The third-order valence-corrected chi connectivity index (χ3v) is 5.24. The van der Waals surface area contributed by atoms with Crippen LogP contribution in [0.4, 0.5) is 5.95 Å². The Morgan fingerprint density at radius 2 is 1.79 bits per heavy atom. The third kappa shape index (κ3) is 3.00. The fourth-order valence-electron chi connectivity index (χ4n) is 2.49. The summed E-state index contributed by atoms with van der Waals surface area (Å²) in [5.41, 5.74) is 2.51.